The largest absolute Gasteiger partial charge is 0.312 e. The molecule has 0 aliphatic rings. The highest BCUT2D eigenvalue weighted by molar-refractivity contribution is 7.94. The Balaban J connectivity index is 2.19. The summed E-state index contributed by atoms with van der Waals surface area (Å²) >= 11 is 13.0. The van der Waals surface area contributed by atoms with Crippen molar-refractivity contribution in [3.63, 3.8) is 0 Å². The summed E-state index contributed by atoms with van der Waals surface area (Å²) in [5.41, 5.74) is 0.342. The molecule has 0 radical (unpaired) electrons. The van der Waals surface area contributed by atoms with Crippen LogP contribution in [0.3, 0.4) is 0 Å². The van der Waals surface area contributed by atoms with Crippen LogP contribution in [0, 0.1) is 0 Å². The van der Waals surface area contributed by atoms with E-state index in [1.54, 1.807) is 18.2 Å². The molecule has 0 saturated carbocycles. The van der Waals surface area contributed by atoms with Crippen LogP contribution in [0.2, 0.25) is 10.0 Å². The van der Waals surface area contributed by atoms with Crippen LogP contribution in [0.1, 0.15) is 11.8 Å². The Morgan fingerprint density at radius 2 is 1.81 bits per heavy atom. The average Bonchev–Trinajstić information content (AvgIpc) is 2.84. The summed E-state index contributed by atoms with van der Waals surface area (Å²) in [5, 5.41) is 3.90. The van der Waals surface area contributed by atoms with E-state index in [2.05, 4.69) is 10.0 Å². The predicted molar refractivity (Wildman–Crippen MR) is 89.0 cm³/mol. The van der Waals surface area contributed by atoms with Gasteiger partial charge in [-0.1, -0.05) is 30.1 Å². The molecule has 0 amide bonds. The summed E-state index contributed by atoms with van der Waals surface area (Å²) in [5.74, 6) is 0. The van der Waals surface area contributed by atoms with Gasteiger partial charge in [-0.2, -0.15) is 0 Å². The first kappa shape index (κ1) is 16.6. The minimum absolute atomic E-state index is 0.256. The highest BCUT2D eigenvalue weighted by Crippen LogP contribution is 2.27. The Morgan fingerprint density at radius 1 is 1.14 bits per heavy atom. The molecule has 0 fully saturated rings. The minimum atomic E-state index is -3.63. The molecular formula is C13H14Cl2N2O2S2. The fraction of sp³-hybridized carbons (Fsp3) is 0.231. The fourth-order valence-electron chi connectivity index (χ4n) is 1.66. The number of nitrogens with one attached hydrogen (secondary N) is 2. The highest BCUT2D eigenvalue weighted by Gasteiger charge is 2.17. The van der Waals surface area contributed by atoms with Crippen LogP contribution in [0.5, 0.6) is 0 Å². The number of hydrogen-bond donors (Lipinski definition) is 2. The van der Waals surface area contributed by atoms with Gasteiger partial charge in [0.15, 0.2) is 0 Å². The maximum atomic E-state index is 12.3. The summed E-state index contributed by atoms with van der Waals surface area (Å²) < 4.78 is 27.3. The molecule has 21 heavy (non-hydrogen) atoms. The lowest BCUT2D eigenvalue weighted by molar-refractivity contribution is 0.603. The molecule has 8 heteroatoms. The molecular weight excluding hydrogens is 351 g/mol. The van der Waals surface area contributed by atoms with E-state index in [1.807, 2.05) is 6.92 Å². The first-order valence-electron chi connectivity index (χ1n) is 6.19. The van der Waals surface area contributed by atoms with Crippen LogP contribution in [0.4, 0.5) is 5.69 Å². The summed E-state index contributed by atoms with van der Waals surface area (Å²) in [6.45, 7) is 3.48. The van der Waals surface area contributed by atoms with Crippen molar-refractivity contribution in [2.45, 2.75) is 17.7 Å². The highest BCUT2D eigenvalue weighted by atomic mass is 35.5. The second-order valence-corrected chi connectivity index (χ2v) is 8.22. The summed E-state index contributed by atoms with van der Waals surface area (Å²) in [6, 6.07) is 7.95. The van der Waals surface area contributed by atoms with Gasteiger partial charge in [-0.15, -0.1) is 11.3 Å². The van der Waals surface area contributed by atoms with Crippen molar-refractivity contribution in [3.8, 4) is 0 Å². The van der Waals surface area contributed by atoms with Crippen LogP contribution >= 0.6 is 34.5 Å². The zero-order valence-electron chi connectivity index (χ0n) is 11.2. The lowest BCUT2D eigenvalue weighted by atomic mass is 10.3. The lowest BCUT2D eigenvalue weighted by Crippen LogP contribution is -2.11. The molecule has 0 atom stereocenters. The number of halogens is 2. The second-order valence-electron chi connectivity index (χ2n) is 4.26. The van der Waals surface area contributed by atoms with Gasteiger partial charge < -0.3 is 5.32 Å². The summed E-state index contributed by atoms with van der Waals surface area (Å²) in [7, 11) is -3.63. The van der Waals surface area contributed by atoms with Crippen LogP contribution in [0.25, 0.3) is 0 Å². The number of thiophene rings is 1. The monoisotopic (exact) mass is 364 g/mol. The van der Waals surface area contributed by atoms with Gasteiger partial charge in [-0.25, -0.2) is 8.42 Å². The Labute approximate surface area is 138 Å². The number of anilines is 1. The molecule has 4 nitrogen and oxygen atoms in total. The summed E-state index contributed by atoms with van der Waals surface area (Å²) in [4.78, 5) is 0.960. The van der Waals surface area contributed by atoms with E-state index in [-0.39, 0.29) is 4.21 Å². The molecule has 1 heterocycles. The van der Waals surface area contributed by atoms with Crippen molar-refractivity contribution in [2.75, 3.05) is 11.3 Å². The van der Waals surface area contributed by atoms with Gasteiger partial charge >= 0.3 is 0 Å². The lowest BCUT2D eigenvalue weighted by Gasteiger charge is -2.07. The predicted octanol–water partition coefficient (Wildman–Crippen LogP) is 3.97. The third kappa shape index (κ3) is 4.59. The van der Waals surface area contributed by atoms with Gasteiger partial charge in [0.05, 0.1) is 5.69 Å². The topological polar surface area (TPSA) is 58.2 Å². The fourth-order valence-corrected chi connectivity index (χ4v) is 4.56. The SMILES string of the molecule is CCNCc1ccc(S(=O)(=O)Nc2cc(Cl)cc(Cl)c2)s1. The first-order chi connectivity index (χ1) is 9.90. The van der Waals surface area contributed by atoms with Crippen LogP contribution in [0.15, 0.2) is 34.5 Å². The molecule has 1 aromatic heterocycles. The summed E-state index contributed by atoms with van der Waals surface area (Å²) in [6.07, 6.45) is 0. The van der Waals surface area contributed by atoms with Crippen molar-refractivity contribution in [1.82, 2.24) is 5.32 Å². The van der Waals surface area contributed by atoms with E-state index in [9.17, 15) is 8.42 Å². The molecule has 2 aromatic rings. The van der Waals surface area contributed by atoms with Gasteiger partial charge in [0.25, 0.3) is 10.0 Å². The second kappa shape index (κ2) is 6.98. The molecule has 0 aliphatic heterocycles. The third-order valence-electron chi connectivity index (χ3n) is 2.57. The number of sulfonamides is 1. The Kier molecular flexibility index (Phi) is 5.51. The van der Waals surface area contributed by atoms with E-state index in [0.29, 0.717) is 22.3 Å². The van der Waals surface area contributed by atoms with Gasteiger partial charge in [-0.3, -0.25) is 4.72 Å². The number of hydrogen-bond acceptors (Lipinski definition) is 4. The number of rotatable bonds is 6. The molecule has 114 valence electrons. The normalized spacial score (nSPS) is 11.6. The molecule has 2 rings (SSSR count). The minimum Gasteiger partial charge on any atom is -0.312 e. The van der Waals surface area contributed by atoms with Crippen molar-refractivity contribution < 1.29 is 8.42 Å². The van der Waals surface area contributed by atoms with E-state index in [0.717, 1.165) is 11.4 Å². The van der Waals surface area contributed by atoms with Crippen LogP contribution in [-0.2, 0) is 16.6 Å². The average molecular weight is 365 g/mol. The van der Waals surface area contributed by atoms with Crippen molar-refractivity contribution >= 4 is 50.2 Å². The van der Waals surface area contributed by atoms with Gasteiger partial charge in [0.2, 0.25) is 0 Å². The Morgan fingerprint density at radius 3 is 2.43 bits per heavy atom. The molecule has 0 saturated heterocycles. The Hall–Kier alpha value is -0.790. The van der Waals surface area contributed by atoms with Gasteiger partial charge in [0, 0.05) is 21.5 Å². The zero-order chi connectivity index (χ0) is 15.5. The Bertz CT molecular complexity index is 709. The molecule has 0 spiro atoms. The van der Waals surface area contributed by atoms with Gasteiger partial charge in [-0.05, 0) is 36.9 Å². The van der Waals surface area contributed by atoms with E-state index in [1.165, 1.54) is 23.5 Å². The first-order valence-corrected chi connectivity index (χ1v) is 9.24. The quantitative estimate of drug-likeness (QED) is 0.815. The van der Waals surface area contributed by atoms with E-state index >= 15 is 0 Å². The third-order valence-corrected chi connectivity index (χ3v) is 5.96. The number of benzene rings is 1. The molecule has 0 bridgehead atoms. The molecule has 1 aromatic carbocycles. The molecule has 0 aliphatic carbocycles. The van der Waals surface area contributed by atoms with Crippen LogP contribution < -0.4 is 10.0 Å². The zero-order valence-corrected chi connectivity index (χ0v) is 14.3. The van der Waals surface area contributed by atoms with E-state index < -0.39 is 10.0 Å². The van der Waals surface area contributed by atoms with Crippen molar-refractivity contribution in [1.29, 1.82) is 0 Å². The van der Waals surface area contributed by atoms with Gasteiger partial charge in [0.1, 0.15) is 4.21 Å². The molecule has 2 N–H and O–H groups in total. The smallest absolute Gasteiger partial charge is 0.271 e. The maximum absolute atomic E-state index is 12.3. The van der Waals surface area contributed by atoms with Crippen LogP contribution in [-0.4, -0.2) is 15.0 Å². The standard InChI is InChI=1S/C13H14Cl2N2O2S2/c1-2-16-8-12-3-4-13(20-12)21(18,19)17-11-6-9(14)5-10(15)7-11/h3-7,16-17H,2,8H2,1H3. The maximum Gasteiger partial charge on any atom is 0.271 e. The van der Waals surface area contributed by atoms with Crippen molar-refractivity contribution in [3.05, 3.63) is 45.3 Å². The van der Waals surface area contributed by atoms with E-state index in [4.69, 9.17) is 23.2 Å². The molecule has 0 unspecified atom stereocenters. The van der Waals surface area contributed by atoms with Crippen molar-refractivity contribution in [2.24, 2.45) is 0 Å².